The van der Waals surface area contributed by atoms with Crippen LogP contribution in [0.25, 0.3) is 0 Å². The molecule has 0 spiro atoms. The minimum Gasteiger partial charge on any atom is -0.327 e. The molecule has 1 unspecified atom stereocenters. The zero-order valence-corrected chi connectivity index (χ0v) is 12.5. The number of hydrogen-bond donors (Lipinski definition) is 2. The van der Waals surface area contributed by atoms with E-state index >= 15 is 0 Å². The van der Waals surface area contributed by atoms with Crippen molar-refractivity contribution in [2.24, 2.45) is 0 Å². The molecule has 2 aromatic carbocycles. The van der Waals surface area contributed by atoms with Crippen LogP contribution in [0.3, 0.4) is 0 Å². The van der Waals surface area contributed by atoms with Crippen LogP contribution < -0.4 is 10.6 Å². The van der Waals surface area contributed by atoms with Crippen molar-refractivity contribution in [1.29, 1.82) is 0 Å². The Labute approximate surface area is 133 Å². The van der Waals surface area contributed by atoms with E-state index in [0.717, 1.165) is 0 Å². The lowest BCUT2D eigenvalue weighted by Gasteiger charge is -2.28. The van der Waals surface area contributed by atoms with Crippen LogP contribution in [0.1, 0.15) is 28.9 Å². The predicted molar refractivity (Wildman–Crippen MR) is 84.3 cm³/mol. The molecule has 0 saturated carbocycles. The Morgan fingerprint density at radius 3 is 2.39 bits per heavy atom. The highest BCUT2D eigenvalue weighted by atomic mass is 19.1. The van der Waals surface area contributed by atoms with Gasteiger partial charge in [0.15, 0.2) is 5.78 Å². The monoisotopic (exact) mass is 310 g/mol. The number of rotatable bonds is 3. The highest BCUT2D eigenvalue weighted by molar-refractivity contribution is 6.11. The zero-order valence-electron chi connectivity index (χ0n) is 12.5. The van der Waals surface area contributed by atoms with E-state index in [2.05, 4.69) is 10.6 Å². The van der Waals surface area contributed by atoms with E-state index in [0.29, 0.717) is 16.8 Å². The first-order valence-corrected chi connectivity index (χ1v) is 7.20. The third-order valence-electron chi connectivity index (χ3n) is 3.77. The van der Waals surface area contributed by atoms with Crippen LogP contribution in [0.5, 0.6) is 0 Å². The number of benzene rings is 2. The molecule has 0 saturated heterocycles. The molecule has 3 rings (SSSR count). The number of halogens is 1. The predicted octanol–water partition coefficient (Wildman–Crippen LogP) is 3.34. The van der Waals surface area contributed by atoms with Gasteiger partial charge in [-0.25, -0.2) is 9.18 Å². The van der Waals surface area contributed by atoms with Crippen LogP contribution in [0.4, 0.5) is 9.18 Å². The molecule has 0 aliphatic carbocycles. The SMILES string of the molecule is CC1=C(C(=O)c2ccccc2)C(c2ccccc2F)NC(=O)N1. The molecule has 4 nitrogen and oxygen atoms in total. The summed E-state index contributed by atoms with van der Waals surface area (Å²) >= 11 is 0. The van der Waals surface area contributed by atoms with Gasteiger partial charge in [0.25, 0.3) is 0 Å². The topological polar surface area (TPSA) is 58.2 Å². The van der Waals surface area contributed by atoms with Gasteiger partial charge in [-0.2, -0.15) is 0 Å². The highest BCUT2D eigenvalue weighted by Crippen LogP contribution is 2.30. The summed E-state index contributed by atoms with van der Waals surface area (Å²) in [7, 11) is 0. The molecule has 0 aromatic heterocycles. The van der Waals surface area contributed by atoms with Gasteiger partial charge in [-0.3, -0.25) is 4.79 Å². The normalized spacial score (nSPS) is 17.5. The van der Waals surface area contributed by atoms with Crippen LogP contribution in [0.2, 0.25) is 0 Å². The summed E-state index contributed by atoms with van der Waals surface area (Å²) in [4.78, 5) is 24.6. The zero-order chi connectivity index (χ0) is 16.4. The number of ketones is 1. The van der Waals surface area contributed by atoms with E-state index in [4.69, 9.17) is 0 Å². The second kappa shape index (κ2) is 6.04. The quantitative estimate of drug-likeness (QED) is 0.854. The van der Waals surface area contributed by atoms with Crippen LogP contribution in [-0.4, -0.2) is 11.8 Å². The van der Waals surface area contributed by atoms with Gasteiger partial charge in [-0.15, -0.1) is 0 Å². The Kier molecular flexibility index (Phi) is 3.93. The van der Waals surface area contributed by atoms with E-state index in [9.17, 15) is 14.0 Å². The van der Waals surface area contributed by atoms with E-state index in [-0.39, 0.29) is 11.3 Å². The molecule has 116 valence electrons. The number of Topliss-reactive ketones (excluding diaryl/α,β-unsaturated/α-hetero) is 1. The van der Waals surface area contributed by atoms with Crippen molar-refractivity contribution in [3.63, 3.8) is 0 Å². The minimum atomic E-state index is -0.822. The smallest absolute Gasteiger partial charge is 0.319 e. The number of hydrogen-bond acceptors (Lipinski definition) is 2. The van der Waals surface area contributed by atoms with Crippen molar-refractivity contribution in [3.8, 4) is 0 Å². The fourth-order valence-corrected chi connectivity index (χ4v) is 2.68. The first-order chi connectivity index (χ1) is 11.1. The highest BCUT2D eigenvalue weighted by Gasteiger charge is 2.32. The van der Waals surface area contributed by atoms with Gasteiger partial charge in [0.05, 0.1) is 6.04 Å². The second-order valence-electron chi connectivity index (χ2n) is 5.29. The van der Waals surface area contributed by atoms with E-state index in [1.54, 1.807) is 49.4 Å². The van der Waals surface area contributed by atoms with Gasteiger partial charge in [0, 0.05) is 22.4 Å². The standard InChI is InChI=1S/C18H15FN2O2/c1-11-15(17(22)12-7-3-2-4-8-12)16(21-18(23)20-11)13-9-5-6-10-14(13)19/h2-10,16H,1H3,(H2,20,21,23). The maximum atomic E-state index is 14.2. The van der Waals surface area contributed by atoms with Gasteiger partial charge in [0.1, 0.15) is 5.82 Å². The van der Waals surface area contributed by atoms with Gasteiger partial charge < -0.3 is 10.6 Å². The van der Waals surface area contributed by atoms with Crippen LogP contribution in [0.15, 0.2) is 65.9 Å². The number of urea groups is 1. The number of nitrogens with one attached hydrogen (secondary N) is 2. The van der Waals surface area contributed by atoms with Crippen molar-refractivity contribution in [3.05, 3.63) is 82.8 Å². The molecule has 0 radical (unpaired) electrons. The fraction of sp³-hybridized carbons (Fsp3) is 0.111. The van der Waals surface area contributed by atoms with Gasteiger partial charge in [-0.05, 0) is 13.0 Å². The molecule has 2 aromatic rings. The van der Waals surface area contributed by atoms with E-state index < -0.39 is 17.9 Å². The summed E-state index contributed by atoms with van der Waals surface area (Å²) in [5.41, 5.74) is 1.51. The fourth-order valence-electron chi connectivity index (χ4n) is 2.68. The molecule has 0 fully saturated rings. The Balaban J connectivity index is 2.10. The molecule has 2 N–H and O–H groups in total. The van der Waals surface area contributed by atoms with E-state index in [1.807, 2.05) is 6.07 Å². The summed E-state index contributed by atoms with van der Waals surface area (Å²) in [5.74, 6) is -0.713. The lowest BCUT2D eigenvalue weighted by atomic mass is 9.89. The molecule has 1 heterocycles. The van der Waals surface area contributed by atoms with Gasteiger partial charge >= 0.3 is 6.03 Å². The maximum Gasteiger partial charge on any atom is 0.319 e. The number of carbonyl (C=O) groups excluding carboxylic acids is 2. The molecule has 1 aliphatic heterocycles. The average Bonchev–Trinajstić information content (AvgIpc) is 2.55. The van der Waals surface area contributed by atoms with Crippen LogP contribution in [0, 0.1) is 5.82 Å². The first-order valence-electron chi connectivity index (χ1n) is 7.20. The van der Waals surface area contributed by atoms with Gasteiger partial charge in [-0.1, -0.05) is 48.5 Å². The van der Waals surface area contributed by atoms with Crippen molar-refractivity contribution in [2.75, 3.05) is 0 Å². The van der Waals surface area contributed by atoms with Gasteiger partial charge in [0.2, 0.25) is 0 Å². The lowest BCUT2D eigenvalue weighted by molar-refractivity contribution is 0.102. The largest absolute Gasteiger partial charge is 0.327 e. The minimum absolute atomic E-state index is 0.246. The number of amides is 2. The third-order valence-corrected chi connectivity index (χ3v) is 3.77. The molecule has 5 heteroatoms. The van der Waals surface area contributed by atoms with Crippen LogP contribution in [-0.2, 0) is 0 Å². The molecular weight excluding hydrogens is 295 g/mol. The van der Waals surface area contributed by atoms with Crippen molar-refractivity contribution < 1.29 is 14.0 Å². The summed E-state index contributed by atoms with van der Waals surface area (Å²) in [6.07, 6.45) is 0. The summed E-state index contributed by atoms with van der Waals surface area (Å²) in [6, 6.07) is 13.6. The average molecular weight is 310 g/mol. The Bertz CT molecular complexity index is 800. The van der Waals surface area contributed by atoms with E-state index in [1.165, 1.54) is 6.07 Å². The molecule has 1 aliphatic rings. The Morgan fingerprint density at radius 2 is 1.70 bits per heavy atom. The number of carbonyl (C=O) groups is 2. The molecule has 0 bridgehead atoms. The lowest BCUT2D eigenvalue weighted by Crippen LogP contribution is -2.45. The maximum absolute atomic E-state index is 14.2. The molecule has 23 heavy (non-hydrogen) atoms. The Hall–Kier alpha value is -2.95. The summed E-state index contributed by atoms with van der Waals surface area (Å²) in [6.45, 7) is 1.64. The van der Waals surface area contributed by atoms with Crippen molar-refractivity contribution >= 4 is 11.8 Å². The Morgan fingerprint density at radius 1 is 1.04 bits per heavy atom. The summed E-state index contributed by atoms with van der Waals surface area (Å²) < 4.78 is 14.2. The van der Waals surface area contributed by atoms with Crippen LogP contribution >= 0.6 is 0 Å². The van der Waals surface area contributed by atoms with Crippen molar-refractivity contribution in [1.82, 2.24) is 10.6 Å². The first kappa shape index (κ1) is 15.0. The molecule has 2 amide bonds. The third kappa shape index (κ3) is 2.85. The number of allylic oxidation sites excluding steroid dienone is 1. The molecular formula is C18H15FN2O2. The molecule has 1 atom stereocenters. The summed E-state index contributed by atoms with van der Waals surface area (Å²) in [5, 5.41) is 5.22. The van der Waals surface area contributed by atoms with Crippen molar-refractivity contribution in [2.45, 2.75) is 13.0 Å². The second-order valence-corrected chi connectivity index (χ2v) is 5.29.